The standard InChI is InChI=1S/C31H43I3O9/c1-7-29(4,26(38)42-15-14-40-24(36)21-16-20(32)17-22(33)23(21)34)19-30(5,18-28(2,3)25(37)41-13-12-35)27(39)43-31(6)10-8-9-11-31/h16-17,35H,7-15,18-19H2,1-6H3. The van der Waals surface area contributed by atoms with E-state index in [1.54, 1.807) is 33.8 Å². The lowest BCUT2D eigenvalue weighted by Gasteiger charge is -2.41. The molecule has 0 aromatic heterocycles. The van der Waals surface area contributed by atoms with Crippen LogP contribution in [0.3, 0.4) is 0 Å². The summed E-state index contributed by atoms with van der Waals surface area (Å²) in [5.41, 5.74) is -3.58. The van der Waals surface area contributed by atoms with Crippen molar-refractivity contribution in [3.05, 3.63) is 28.4 Å². The molecule has 0 bridgehead atoms. The fourth-order valence-electron chi connectivity index (χ4n) is 5.59. The highest BCUT2D eigenvalue weighted by atomic mass is 127. The van der Waals surface area contributed by atoms with Crippen LogP contribution in [-0.2, 0) is 33.3 Å². The number of halogens is 3. The third-order valence-electron chi connectivity index (χ3n) is 8.02. The molecular weight excluding hydrogens is 897 g/mol. The lowest BCUT2D eigenvalue weighted by molar-refractivity contribution is -0.178. The number of esters is 4. The van der Waals surface area contributed by atoms with Crippen molar-refractivity contribution >= 4 is 91.6 Å². The predicted molar refractivity (Wildman–Crippen MR) is 186 cm³/mol. The SMILES string of the molecule is CCC(C)(CC(C)(CC(C)(C)C(=O)OCCO)C(=O)OC1(C)CCCC1)C(=O)OCCOC(=O)c1cc(I)cc(I)c1I. The van der Waals surface area contributed by atoms with Gasteiger partial charge in [0, 0.05) is 10.7 Å². The Hall–Kier alpha value is -0.750. The molecule has 0 radical (unpaired) electrons. The number of aliphatic hydroxyl groups is 1. The summed E-state index contributed by atoms with van der Waals surface area (Å²) < 4.78 is 24.9. The van der Waals surface area contributed by atoms with Gasteiger partial charge in [0.1, 0.15) is 25.4 Å². The van der Waals surface area contributed by atoms with E-state index in [2.05, 4.69) is 67.8 Å². The predicted octanol–water partition coefficient (Wildman–Crippen LogP) is 6.84. The molecule has 0 saturated heterocycles. The van der Waals surface area contributed by atoms with Crippen LogP contribution in [0.25, 0.3) is 0 Å². The zero-order valence-corrected chi connectivity index (χ0v) is 32.3. The van der Waals surface area contributed by atoms with E-state index in [1.807, 2.05) is 19.9 Å². The summed E-state index contributed by atoms with van der Waals surface area (Å²) >= 11 is 6.41. The molecule has 1 fully saturated rings. The first-order valence-electron chi connectivity index (χ1n) is 14.4. The molecule has 9 nitrogen and oxygen atoms in total. The highest BCUT2D eigenvalue weighted by molar-refractivity contribution is 14.1. The maximum Gasteiger partial charge on any atom is 0.339 e. The monoisotopic (exact) mass is 940 g/mol. The number of hydrogen-bond acceptors (Lipinski definition) is 9. The molecule has 0 amide bonds. The van der Waals surface area contributed by atoms with Crippen molar-refractivity contribution in [2.45, 2.75) is 92.1 Å². The molecule has 12 heteroatoms. The van der Waals surface area contributed by atoms with Crippen LogP contribution < -0.4 is 0 Å². The normalized spacial score (nSPS) is 17.3. The van der Waals surface area contributed by atoms with Crippen molar-refractivity contribution in [3.63, 3.8) is 0 Å². The molecule has 0 aliphatic heterocycles. The van der Waals surface area contributed by atoms with Gasteiger partial charge in [-0.1, -0.05) is 6.92 Å². The highest BCUT2D eigenvalue weighted by Gasteiger charge is 2.51. The van der Waals surface area contributed by atoms with Crippen molar-refractivity contribution in [2.24, 2.45) is 16.2 Å². The van der Waals surface area contributed by atoms with Gasteiger partial charge in [0.25, 0.3) is 0 Å². The van der Waals surface area contributed by atoms with E-state index < -0.39 is 45.7 Å². The Morgan fingerprint density at radius 1 is 0.837 bits per heavy atom. The molecule has 1 aromatic carbocycles. The van der Waals surface area contributed by atoms with Crippen LogP contribution in [0.4, 0.5) is 0 Å². The van der Waals surface area contributed by atoms with E-state index in [4.69, 9.17) is 24.1 Å². The van der Waals surface area contributed by atoms with Crippen LogP contribution in [0.15, 0.2) is 12.1 Å². The fraction of sp³-hybridized carbons (Fsp3) is 0.677. The summed E-state index contributed by atoms with van der Waals surface area (Å²) in [7, 11) is 0. The number of hydrogen-bond donors (Lipinski definition) is 1. The largest absolute Gasteiger partial charge is 0.463 e. The van der Waals surface area contributed by atoms with Crippen LogP contribution in [-0.4, -0.2) is 61.0 Å². The third-order valence-corrected chi connectivity index (χ3v) is 11.7. The van der Waals surface area contributed by atoms with E-state index in [-0.39, 0.29) is 39.3 Å². The summed E-state index contributed by atoms with van der Waals surface area (Å²) in [5.74, 6) is -2.05. The second-order valence-electron chi connectivity index (χ2n) is 12.6. The number of aliphatic hydroxyl groups excluding tert-OH is 1. The topological polar surface area (TPSA) is 125 Å². The zero-order valence-electron chi connectivity index (χ0n) is 25.8. The summed E-state index contributed by atoms with van der Waals surface area (Å²) in [6, 6.07) is 3.71. The molecule has 242 valence electrons. The van der Waals surface area contributed by atoms with E-state index in [1.165, 1.54) is 0 Å². The maximum absolute atomic E-state index is 13.9. The van der Waals surface area contributed by atoms with Gasteiger partial charge in [-0.2, -0.15) is 0 Å². The van der Waals surface area contributed by atoms with Gasteiger partial charge in [0.05, 0.1) is 28.4 Å². The molecule has 1 saturated carbocycles. The Morgan fingerprint density at radius 2 is 1.42 bits per heavy atom. The fourth-order valence-corrected chi connectivity index (χ4v) is 7.96. The quantitative estimate of drug-likeness (QED) is 0.0662. The molecular formula is C31H43I3O9. The Bertz CT molecular complexity index is 1180. The second kappa shape index (κ2) is 16.2. The summed E-state index contributed by atoms with van der Waals surface area (Å²) in [4.78, 5) is 52.9. The molecule has 43 heavy (non-hydrogen) atoms. The number of rotatable bonds is 15. The summed E-state index contributed by atoms with van der Waals surface area (Å²) in [6.07, 6.45) is 3.93. The first kappa shape index (κ1) is 38.4. The van der Waals surface area contributed by atoms with Crippen molar-refractivity contribution in [1.29, 1.82) is 0 Å². The minimum Gasteiger partial charge on any atom is -0.463 e. The van der Waals surface area contributed by atoms with Gasteiger partial charge < -0.3 is 24.1 Å². The molecule has 1 N–H and O–H groups in total. The number of ether oxygens (including phenoxy) is 4. The van der Waals surface area contributed by atoms with Crippen LogP contribution in [0.2, 0.25) is 0 Å². The lowest BCUT2D eigenvalue weighted by atomic mass is 9.65. The zero-order chi connectivity index (χ0) is 32.6. The first-order valence-corrected chi connectivity index (χ1v) is 17.7. The van der Waals surface area contributed by atoms with E-state index >= 15 is 0 Å². The van der Waals surface area contributed by atoms with Gasteiger partial charge in [-0.3, -0.25) is 14.4 Å². The molecule has 1 aliphatic rings. The van der Waals surface area contributed by atoms with Gasteiger partial charge >= 0.3 is 23.9 Å². The Balaban J connectivity index is 2.18. The van der Waals surface area contributed by atoms with Gasteiger partial charge in [-0.15, -0.1) is 0 Å². The molecule has 1 aliphatic carbocycles. The van der Waals surface area contributed by atoms with Crippen LogP contribution in [0.1, 0.15) is 96.8 Å². The van der Waals surface area contributed by atoms with Crippen LogP contribution in [0.5, 0.6) is 0 Å². The average molecular weight is 940 g/mol. The first-order chi connectivity index (χ1) is 19.9. The Labute approximate surface area is 295 Å². The average Bonchev–Trinajstić information content (AvgIpc) is 3.36. The highest BCUT2D eigenvalue weighted by Crippen LogP contribution is 2.47. The van der Waals surface area contributed by atoms with Crippen LogP contribution in [0, 0.1) is 27.0 Å². The molecule has 2 atom stereocenters. The van der Waals surface area contributed by atoms with E-state index in [0.29, 0.717) is 12.0 Å². The van der Waals surface area contributed by atoms with Crippen molar-refractivity contribution in [1.82, 2.24) is 0 Å². The van der Waals surface area contributed by atoms with Gasteiger partial charge in [0.15, 0.2) is 0 Å². The van der Waals surface area contributed by atoms with Gasteiger partial charge in [-0.05, 0) is 159 Å². The van der Waals surface area contributed by atoms with Gasteiger partial charge in [0.2, 0.25) is 0 Å². The van der Waals surface area contributed by atoms with E-state index in [9.17, 15) is 19.2 Å². The van der Waals surface area contributed by atoms with Crippen LogP contribution >= 0.6 is 67.8 Å². The maximum atomic E-state index is 13.9. The molecule has 2 rings (SSSR count). The second-order valence-corrected chi connectivity index (χ2v) is 16.1. The molecule has 0 spiro atoms. The Morgan fingerprint density at radius 3 is 2.00 bits per heavy atom. The van der Waals surface area contributed by atoms with Gasteiger partial charge in [-0.25, -0.2) is 4.79 Å². The third kappa shape index (κ3) is 10.6. The molecule has 0 heterocycles. The summed E-state index contributed by atoms with van der Waals surface area (Å²) in [5, 5.41) is 9.12. The minimum atomic E-state index is -1.23. The number of carbonyl (C=O) groups excluding carboxylic acids is 4. The number of benzene rings is 1. The smallest absolute Gasteiger partial charge is 0.339 e. The lowest BCUT2D eigenvalue weighted by Crippen LogP contribution is -2.46. The van der Waals surface area contributed by atoms with Crippen molar-refractivity contribution in [2.75, 3.05) is 26.4 Å². The van der Waals surface area contributed by atoms with Crippen molar-refractivity contribution in [3.8, 4) is 0 Å². The molecule has 1 aromatic rings. The number of carbonyl (C=O) groups is 4. The van der Waals surface area contributed by atoms with Crippen molar-refractivity contribution < 1.29 is 43.2 Å². The molecule has 2 unspecified atom stereocenters. The minimum absolute atomic E-state index is 0.0625. The summed E-state index contributed by atoms with van der Waals surface area (Å²) in [6.45, 7) is 9.87. The van der Waals surface area contributed by atoms with E-state index in [0.717, 1.165) is 36.4 Å². The Kier molecular flexibility index (Phi) is 14.5.